The topological polar surface area (TPSA) is 94.5 Å². The van der Waals surface area contributed by atoms with E-state index >= 15 is 0 Å². The van der Waals surface area contributed by atoms with Crippen LogP contribution in [0.2, 0.25) is 10.0 Å². The zero-order valence-electron chi connectivity index (χ0n) is 25.4. The summed E-state index contributed by atoms with van der Waals surface area (Å²) >= 11 is 12.6. The van der Waals surface area contributed by atoms with E-state index in [0.717, 1.165) is 22.3 Å². The molecule has 8 nitrogen and oxygen atoms in total. The van der Waals surface area contributed by atoms with Crippen molar-refractivity contribution in [3.8, 4) is 5.75 Å². The summed E-state index contributed by atoms with van der Waals surface area (Å²) < 4.78 is 6.19. The zero-order valence-corrected chi connectivity index (χ0v) is 26.9. The molecule has 0 aliphatic carbocycles. The van der Waals surface area contributed by atoms with Gasteiger partial charge in [-0.3, -0.25) is 19.9 Å². The predicted molar refractivity (Wildman–Crippen MR) is 173 cm³/mol. The van der Waals surface area contributed by atoms with Gasteiger partial charge in [0.2, 0.25) is 5.91 Å². The maximum absolute atomic E-state index is 14.6. The van der Waals surface area contributed by atoms with Crippen LogP contribution >= 0.6 is 23.2 Å². The van der Waals surface area contributed by atoms with Crippen LogP contribution in [0, 0.1) is 5.92 Å². The molecule has 0 spiro atoms. The number of aliphatic imine (C=N–C) groups is 1. The summed E-state index contributed by atoms with van der Waals surface area (Å²) in [6.45, 7) is 9.55. The van der Waals surface area contributed by atoms with Crippen molar-refractivity contribution in [1.29, 1.82) is 0 Å². The van der Waals surface area contributed by atoms with Crippen LogP contribution in [0.3, 0.4) is 0 Å². The fourth-order valence-corrected chi connectivity index (χ4v) is 6.13. The van der Waals surface area contributed by atoms with Crippen molar-refractivity contribution >= 4 is 41.0 Å². The molecular weight excluding hydrogens is 599 g/mol. The number of amides is 3. The van der Waals surface area contributed by atoms with E-state index in [0.29, 0.717) is 54.2 Å². The van der Waals surface area contributed by atoms with Crippen LogP contribution in [-0.2, 0) is 10.2 Å². The molecule has 0 aromatic heterocycles. The Morgan fingerprint density at radius 2 is 1.55 bits per heavy atom. The smallest absolute Gasteiger partial charge is 0.326 e. The minimum absolute atomic E-state index is 0.111. The van der Waals surface area contributed by atoms with E-state index in [1.165, 1.54) is 0 Å². The highest BCUT2D eigenvalue weighted by Gasteiger charge is 2.45. The zero-order chi connectivity index (χ0) is 31.6. The Labute approximate surface area is 268 Å². The molecule has 2 aliphatic rings. The second-order valence-electron chi connectivity index (χ2n) is 12.2. The van der Waals surface area contributed by atoms with E-state index in [2.05, 4.69) is 26.8 Å². The maximum atomic E-state index is 14.6. The number of nitrogens with one attached hydrogen (secondary N) is 1. The Morgan fingerprint density at radius 3 is 2.09 bits per heavy atom. The lowest BCUT2D eigenvalue weighted by Crippen LogP contribution is -2.50. The highest BCUT2D eigenvalue weighted by molar-refractivity contribution is 6.30. The molecule has 2 N–H and O–H groups in total. The summed E-state index contributed by atoms with van der Waals surface area (Å²) in [6.07, 6.45) is 0.879. The Balaban J connectivity index is 1.65. The second kappa shape index (κ2) is 13.2. The van der Waals surface area contributed by atoms with Crippen LogP contribution in [-0.4, -0.2) is 52.5 Å². The fourth-order valence-electron chi connectivity index (χ4n) is 5.88. The van der Waals surface area contributed by atoms with E-state index in [9.17, 15) is 9.59 Å². The molecule has 3 aromatic carbocycles. The number of rotatable bonds is 6. The number of carbonyl (C=O) groups excluding carboxylic acids is 2. The number of benzene rings is 3. The Kier molecular flexibility index (Phi) is 9.53. The average Bonchev–Trinajstić information content (AvgIpc) is 3.41. The second-order valence-corrected chi connectivity index (χ2v) is 13.1. The molecule has 232 valence electrons. The minimum atomic E-state index is -0.494. The van der Waals surface area contributed by atoms with Crippen LogP contribution in [0.4, 0.5) is 4.79 Å². The molecule has 3 amide bonds. The fraction of sp³-hybridized carbons (Fsp3) is 0.382. The first-order valence-electron chi connectivity index (χ1n) is 14.9. The summed E-state index contributed by atoms with van der Waals surface area (Å²) in [5.74, 6) is 0.372. The summed E-state index contributed by atoms with van der Waals surface area (Å²) in [6, 6.07) is 20.0. The van der Waals surface area contributed by atoms with Crippen LogP contribution in [0.5, 0.6) is 5.75 Å². The number of likely N-dealkylation sites (tertiary alicyclic amines) is 1. The van der Waals surface area contributed by atoms with Gasteiger partial charge < -0.3 is 9.64 Å². The summed E-state index contributed by atoms with van der Waals surface area (Å²) in [4.78, 5) is 35.5. The first-order valence-corrected chi connectivity index (χ1v) is 15.7. The van der Waals surface area contributed by atoms with Gasteiger partial charge in [-0.25, -0.2) is 10.3 Å². The van der Waals surface area contributed by atoms with Gasteiger partial charge in [0.05, 0.1) is 18.2 Å². The van der Waals surface area contributed by atoms with Gasteiger partial charge in [-0.2, -0.15) is 0 Å². The number of amidine groups is 1. The number of nitrogens with zero attached hydrogens (tertiary/aromatic N) is 3. The first kappa shape index (κ1) is 31.8. The van der Waals surface area contributed by atoms with E-state index < -0.39 is 18.0 Å². The maximum Gasteiger partial charge on any atom is 0.326 e. The molecule has 0 bridgehead atoms. The third-order valence-electron chi connectivity index (χ3n) is 8.33. The molecule has 10 heteroatoms. The van der Waals surface area contributed by atoms with Gasteiger partial charge in [-0.1, -0.05) is 74.3 Å². The number of urea groups is 1. The van der Waals surface area contributed by atoms with E-state index in [1.807, 2.05) is 67.6 Å². The molecular formula is C34H38Cl2N4O4. The average molecular weight is 638 g/mol. The number of carbonyl (C=O) groups is 2. The van der Waals surface area contributed by atoms with Gasteiger partial charge in [0.1, 0.15) is 17.6 Å². The number of halogens is 2. The third kappa shape index (κ3) is 6.58. The largest absolute Gasteiger partial charge is 0.493 e. The van der Waals surface area contributed by atoms with Crippen molar-refractivity contribution in [3.63, 3.8) is 0 Å². The Bertz CT molecular complexity index is 1530. The van der Waals surface area contributed by atoms with Crippen LogP contribution in [0.1, 0.15) is 74.9 Å². The Hall–Kier alpha value is -3.59. The molecule has 44 heavy (non-hydrogen) atoms. The van der Waals surface area contributed by atoms with E-state index in [1.54, 1.807) is 15.3 Å². The summed E-state index contributed by atoms with van der Waals surface area (Å²) in [5, 5.41) is 10.3. The van der Waals surface area contributed by atoms with Crippen molar-refractivity contribution in [3.05, 3.63) is 99.0 Å². The van der Waals surface area contributed by atoms with Crippen LogP contribution < -0.4 is 10.2 Å². The van der Waals surface area contributed by atoms with Gasteiger partial charge in [-0.15, -0.1) is 0 Å². The van der Waals surface area contributed by atoms with Gasteiger partial charge in [0, 0.05) is 29.1 Å². The number of piperidine rings is 1. The van der Waals surface area contributed by atoms with Crippen molar-refractivity contribution in [2.75, 3.05) is 19.7 Å². The highest BCUT2D eigenvalue weighted by Crippen LogP contribution is 2.46. The molecule has 2 aliphatic heterocycles. The van der Waals surface area contributed by atoms with Gasteiger partial charge >= 0.3 is 6.03 Å². The highest BCUT2D eigenvalue weighted by atomic mass is 35.5. The number of hydroxylamine groups is 1. The molecule has 1 fully saturated rings. The number of hydrogen-bond donors (Lipinski definition) is 2. The number of hydrogen-bond acceptors (Lipinski definition) is 5. The van der Waals surface area contributed by atoms with Crippen molar-refractivity contribution in [2.24, 2.45) is 10.9 Å². The summed E-state index contributed by atoms with van der Waals surface area (Å²) in [7, 11) is 0. The normalized spacial score (nSPS) is 19.1. The third-order valence-corrected chi connectivity index (χ3v) is 8.83. The molecule has 2 heterocycles. The predicted octanol–water partition coefficient (Wildman–Crippen LogP) is 7.57. The molecule has 0 saturated carbocycles. The molecule has 1 saturated heterocycles. The number of ether oxygens (including phenoxy) is 1. The SMILES string of the molecule is CCOc1cc(C(C)(C)C)ccc1C1=NC(c2ccc(Cl)cc2)C(c2ccc(Cl)cc2)N1C(=O)N1CCC(C(=O)NO)CC1. The Morgan fingerprint density at radius 1 is 0.955 bits per heavy atom. The quantitative estimate of drug-likeness (QED) is 0.215. The van der Waals surface area contributed by atoms with Crippen LogP contribution in [0.25, 0.3) is 0 Å². The molecule has 2 atom stereocenters. The lowest BCUT2D eigenvalue weighted by atomic mass is 9.86. The molecule has 2 unspecified atom stereocenters. The van der Waals surface area contributed by atoms with Gasteiger partial charge in [-0.05, 0) is 78.3 Å². The van der Waals surface area contributed by atoms with Crippen LogP contribution in [0.15, 0.2) is 71.7 Å². The molecule has 5 rings (SSSR count). The van der Waals surface area contributed by atoms with E-state index in [4.69, 9.17) is 38.1 Å². The van der Waals surface area contributed by atoms with Crippen molar-refractivity contribution in [1.82, 2.24) is 15.3 Å². The van der Waals surface area contributed by atoms with E-state index in [-0.39, 0.29) is 17.4 Å². The van der Waals surface area contributed by atoms with Gasteiger partial charge in [0.25, 0.3) is 0 Å². The lowest BCUT2D eigenvalue weighted by Gasteiger charge is -2.37. The van der Waals surface area contributed by atoms with Crippen molar-refractivity contribution in [2.45, 2.75) is 58.0 Å². The molecule has 3 aromatic rings. The standard InChI is InChI=1S/C34H38Cl2N4O4/c1-5-44-28-20-24(34(2,3)4)10-15-27(28)31-37-29(21-6-11-25(35)12-7-21)30(22-8-13-26(36)14-9-22)40(31)33(42)39-18-16-23(17-19-39)32(41)38-43/h6-15,20,23,29-30,43H,5,16-19H2,1-4H3,(H,38,41). The molecule has 0 radical (unpaired) electrons. The first-order chi connectivity index (χ1) is 21.0. The minimum Gasteiger partial charge on any atom is -0.493 e. The lowest BCUT2D eigenvalue weighted by molar-refractivity contribution is -0.134. The summed E-state index contributed by atoms with van der Waals surface area (Å²) in [5.41, 5.74) is 5.25. The van der Waals surface area contributed by atoms with Crippen molar-refractivity contribution < 1.29 is 19.5 Å². The van der Waals surface area contributed by atoms with Gasteiger partial charge in [0.15, 0.2) is 0 Å². The monoisotopic (exact) mass is 636 g/mol.